The highest BCUT2D eigenvalue weighted by molar-refractivity contribution is 7.17. The molecule has 130 valence electrons. The standard InChI is InChI=1S/C18H24N2O3S/c1-12-5-6-15(13(2)11-12)17-19-14(3)16(24-17)18(22)20(7-9-21)8-10-23-4/h5-6,11,21H,7-10H2,1-4H3. The summed E-state index contributed by atoms with van der Waals surface area (Å²) in [6.45, 7) is 7.07. The highest BCUT2D eigenvalue weighted by Gasteiger charge is 2.22. The van der Waals surface area contributed by atoms with Crippen molar-refractivity contribution < 1.29 is 14.6 Å². The number of aliphatic hydroxyl groups excluding tert-OH is 1. The molecule has 0 unspecified atom stereocenters. The predicted molar refractivity (Wildman–Crippen MR) is 96.6 cm³/mol. The first-order valence-corrected chi connectivity index (χ1v) is 8.73. The quantitative estimate of drug-likeness (QED) is 0.836. The maximum atomic E-state index is 12.8. The van der Waals surface area contributed by atoms with E-state index in [2.05, 4.69) is 31.0 Å². The summed E-state index contributed by atoms with van der Waals surface area (Å²) in [7, 11) is 1.60. The molecule has 0 aliphatic rings. The van der Waals surface area contributed by atoms with Crippen molar-refractivity contribution in [3.05, 3.63) is 39.9 Å². The number of aliphatic hydroxyl groups is 1. The molecule has 0 bridgehead atoms. The largest absolute Gasteiger partial charge is 0.395 e. The molecule has 0 saturated carbocycles. The van der Waals surface area contributed by atoms with Crippen LogP contribution in [-0.4, -0.2) is 54.3 Å². The highest BCUT2D eigenvalue weighted by atomic mass is 32.1. The molecule has 0 radical (unpaired) electrons. The average molecular weight is 348 g/mol. The number of hydrogen-bond acceptors (Lipinski definition) is 5. The van der Waals surface area contributed by atoms with Gasteiger partial charge in [0.05, 0.1) is 18.9 Å². The number of carbonyl (C=O) groups excluding carboxylic acids is 1. The number of methoxy groups -OCH3 is 1. The van der Waals surface area contributed by atoms with Crippen molar-refractivity contribution in [3.63, 3.8) is 0 Å². The molecular weight excluding hydrogens is 324 g/mol. The fraction of sp³-hybridized carbons (Fsp3) is 0.444. The lowest BCUT2D eigenvalue weighted by atomic mass is 10.1. The van der Waals surface area contributed by atoms with Crippen LogP contribution in [0.3, 0.4) is 0 Å². The molecule has 0 atom stereocenters. The van der Waals surface area contributed by atoms with Crippen molar-refractivity contribution >= 4 is 17.2 Å². The lowest BCUT2D eigenvalue weighted by molar-refractivity contribution is 0.0660. The molecular formula is C18H24N2O3S. The minimum absolute atomic E-state index is 0.0722. The Morgan fingerprint density at radius 3 is 2.67 bits per heavy atom. The molecule has 0 saturated heterocycles. The van der Waals surface area contributed by atoms with Crippen molar-refractivity contribution in [1.82, 2.24) is 9.88 Å². The van der Waals surface area contributed by atoms with Gasteiger partial charge in [-0.3, -0.25) is 4.79 Å². The Hall–Kier alpha value is -1.76. The molecule has 1 amide bonds. The molecule has 24 heavy (non-hydrogen) atoms. The highest BCUT2D eigenvalue weighted by Crippen LogP contribution is 2.31. The van der Waals surface area contributed by atoms with Crippen molar-refractivity contribution in [3.8, 4) is 10.6 Å². The van der Waals surface area contributed by atoms with Gasteiger partial charge in [0, 0.05) is 25.8 Å². The minimum atomic E-state index is -0.105. The summed E-state index contributed by atoms with van der Waals surface area (Å²) in [6, 6.07) is 6.22. The van der Waals surface area contributed by atoms with Crippen LogP contribution in [0, 0.1) is 20.8 Å². The summed E-state index contributed by atoms with van der Waals surface area (Å²) >= 11 is 1.40. The second kappa shape index (κ2) is 8.37. The number of hydrogen-bond donors (Lipinski definition) is 1. The molecule has 0 aliphatic carbocycles. The van der Waals surface area contributed by atoms with Gasteiger partial charge < -0.3 is 14.7 Å². The Morgan fingerprint density at radius 1 is 1.29 bits per heavy atom. The molecule has 2 rings (SSSR count). The van der Waals surface area contributed by atoms with Crippen LogP contribution >= 0.6 is 11.3 Å². The molecule has 5 nitrogen and oxygen atoms in total. The number of carbonyl (C=O) groups is 1. The van der Waals surface area contributed by atoms with Crippen LogP contribution in [0.4, 0.5) is 0 Å². The number of thiazole rings is 1. The lowest BCUT2D eigenvalue weighted by Crippen LogP contribution is -2.36. The van der Waals surface area contributed by atoms with Crippen molar-refractivity contribution in [2.75, 3.05) is 33.4 Å². The molecule has 1 N–H and O–H groups in total. The summed E-state index contributed by atoms with van der Waals surface area (Å²) < 4.78 is 5.05. The molecule has 2 aromatic rings. The summed E-state index contributed by atoms with van der Waals surface area (Å²) in [5.74, 6) is -0.105. The van der Waals surface area contributed by atoms with E-state index in [-0.39, 0.29) is 12.5 Å². The SMILES string of the molecule is COCCN(CCO)C(=O)c1sc(-c2ccc(C)cc2C)nc1C. The maximum Gasteiger partial charge on any atom is 0.266 e. The average Bonchev–Trinajstić information content (AvgIpc) is 2.92. The maximum absolute atomic E-state index is 12.8. The predicted octanol–water partition coefficient (Wildman–Crippen LogP) is 2.82. The van der Waals surface area contributed by atoms with Crippen molar-refractivity contribution in [1.29, 1.82) is 0 Å². The third-order valence-corrected chi connectivity index (χ3v) is 5.00. The number of nitrogens with zero attached hydrogens (tertiary/aromatic N) is 2. The normalized spacial score (nSPS) is 10.9. The van der Waals surface area contributed by atoms with Gasteiger partial charge in [-0.05, 0) is 26.3 Å². The molecule has 1 aromatic carbocycles. The van der Waals surface area contributed by atoms with E-state index in [0.717, 1.165) is 21.8 Å². The molecule has 6 heteroatoms. The zero-order valence-electron chi connectivity index (χ0n) is 14.6. The van der Waals surface area contributed by atoms with Crippen molar-refractivity contribution in [2.45, 2.75) is 20.8 Å². The third-order valence-electron chi connectivity index (χ3n) is 3.83. The van der Waals surface area contributed by atoms with E-state index >= 15 is 0 Å². The van der Waals surface area contributed by atoms with E-state index in [1.807, 2.05) is 13.0 Å². The van der Waals surface area contributed by atoms with Crippen LogP contribution in [0.25, 0.3) is 10.6 Å². The van der Waals surface area contributed by atoms with Crippen LogP contribution in [0.2, 0.25) is 0 Å². The molecule has 0 fully saturated rings. The van der Waals surface area contributed by atoms with Gasteiger partial charge in [0.15, 0.2) is 0 Å². The number of rotatable bonds is 7. The molecule has 0 spiro atoms. The first-order valence-electron chi connectivity index (χ1n) is 7.92. The third kappa shape index (κ3) is 4.20. The van der Waals surface area contributed by atoms with Gasteiger partial charge in [0.2, 0.25) is 0 Å². The number of aromatic nitrogens is 1. The minimum Gasteiger partial charge on any atom is -0.395 e. The van der Waals surface area contributed by atoms with Gasteiger partial charge in [-0.25, -0.2) is 4.98 Å². The first kappa shape index (κ1) is 18.6. The summed E-state index contributed by atoms with van der Waals surface area (Å²) in [5, 5.41) is 10.1. The van der Waals surface area contributed by atoms with Crippen LogP contribution in [-0.2, 0) is 4.74 Å². The summed E-state index contributed by atoms with van der Waals surface area (Å²) in [5.41, 5.74) is 4.13. The number of amides is 1. The molecule has 1 heterocycles. The lowest BCUT2D eigenvalue weighted by Gasteiger charge is -2.20. The smallest absolute Gasteiger partial charge is 0.266 e. The number of ether oxygens (including phenoxy) is 1. The van der Waals surface area contributed by atoms with E-state index in [0.29, 0.717) is 24.6 Å². The van der Waals surface area contributed by atoms with Gasteiger partial charge in [0.25, 0.3) is 5.91 Å². The van der Waals surface area contributed by atoms with Gasteiger partial charge in [-0.1, -0.05) is 23.8 Å². The van der Waals surface area contributed by atoms with Gasteiger partial charge in [0.1, 0.15) is 9.88 Å². The van der Waals surface area contributed by atoms with Crippen LogP contribution in [0.5, 0.6) is 0 Å². The molecule has 0 aliphatic heterocycles. The Bertz CT molecular complexity index is 712. The van der Waals surface area contributed by atoms with Crippen LogP contribution < -0.4 is 0 Å². The summed E-state index contributed by atoms with van der Waals surface area (Å²) in [4.78, 5) is 19.6. The fourth-order valence-electron chi connectivity index (χ4n) is 2.54. The van der Waals surface area contributed by atoms with E-state index < -0.39 is 0 Å². The second-order valence-electron chi connectivity index (χ2n) is 5.76. The van der Waals surface area contributed by atoms with E-state index in [1.54, 1.807) is 12.0 Å². The topological polar surface area (TPSA) is 62.7 Å². The second-order valence-corrected chi connectivity index (χ2v) is 6.76. The Labute approximate surface area is 146 Å². The van der Waals surface area contributed by atoms with Crippen LogP contribution in [0.1, 0.15) is 26.5 Å². The fourth-order valence-corrected chi connectivity index (χ4v) is 3.67. The Morgan fingerprint density at radius 2 is 2.04 bits per heavy atom. The van der Waals surface area contributed by atoms with E-state index in [1.165, 1.54) is 16.9 Å². The van der Waals surface area contributed by atoms with Gasteiger partial charge >= 0.3 is 0 Å². The van der Waals surface area contributed by atoms with E-state index in [9.17, 15) is 9.90 Å². The van der Waals surface area contributed by atoms with Gasteiger partial charge in [-0.15, -0.1) is 11.3 Å². The zero-order valence-corrected chi connectivity index (χ0v) is 15.4. The van der Waals surface area contributed by atoms with E-state index in [4.69, 9.17) is 4.74 Å². The first-order chi connectivity index (χ1) is 11.5. The Kier molecular flexibility index (Phi) is 6.48. The van der Waals surface area contributed by atoms with Crippen LogP contribution in [0.15, 0.2) is 18.2 Å². The van der Waals surface area contributed by atoms with Gasteiger partial charge in [-0.2, -0.15) is 0 Å². The number of benzene rings is 1. The Balaban J connectivity index is 2.31. The van der Waals surface area contributed by atoms with Crippen molar-refractivity contribution in [2.24, 2.45) is 0 Å². The zero-order chi connectivity index (χ0) is 17.7. The summed E-state index contributed by atoms with van der Waals surface area (Å²) in [6.07, 6.45) is 0. The molecule has 1 aromatic heterocycles. The number of aryl methyl sites for hydroxylation is 3. The monoisotopic (exact) mass is 348 g/mol.